The van der Waals surface area contributed by atoms with Crippen LogP contribution in [0.5, 0.6) is 0 Å². The number of hydrogen-bond donors (Lipinski definition) is 1. The Kier molecular flexibility index (Phi) is 3.83. The van der Waals surface area contributed by atoms with Crippen LogP contribution in [0.25, 0.3) is 11.5 Å². The third-order valence-corrected chi connectivity index (χ3v) is 3.41. The fraction of sp³-hybridized carbons (Fsp3) is 0.250. The van der Waals surface area contributed by atoms with E-state index >= 15 is 0 Å². The Balaban J connectivity index is 1.94. The van der Waals surface area contributed by atoms with E-state index in [1.807, 2.05) is 50.4 Å². The Morgan fingerprint density at radius 2 is 1.95 bits per heavy atom. The molecule has 1 aromatic carbocycles. The zero-order valence-corrected chi connectivity index (χ0v) is 12.0. The van der Waals surface area contributed by atoms with E-state index in [4.69, 9.17) is 8.83 Å². The third-order valence-electron chi connectivity index (χ3n) is 3.41. The molecule has 0 aliphatic rings. The van der Waals surface area contributed by atoms with E-state index in [-0.39, 0.29) is 6.04 Å². The van der Waals surface area contributed by atoms with Gasteiger partial charge < -0.3 is 14.2 Å². The molecule has 1 N–H and O–H groups in total. The van der Waals surface area contributed by atoms with Crippen molar-refractivity contribution in [3.05, 3.63) is 59.9 Å². The van der Waals surface area contributed by atoms with Crippen LogP contribution in [-0.4, -0.2) is 17.2 Å². The van der Waals surface area contributed by atoms with Crippen molar-refractivity contribution in [3.63, 3.8) is 0 Å². The lowest BCUT2D eigenvalue weighted by molar-refractivity contribution is 0.454. The van der Waals surface area contributed by atoms with Crippen molar-refractivity contribution in [2.75, 3.05) is 7.05 Å². The Labute approximate surface area is 123 Å². The summed E-state index contributed by atoms with van der Waals surface area (Å²) in [6, 6.07) is 11.7. The highest BCUT2D eigenvalue weighted by Gasteiger charge is 2.21. The van der Waals surface area contributed by atoms with Gasteiger partial charge in [-0.15, -0.1) is 10.2 Å². The van der Waals surface area contributed by atoms with Gasteiger partial charge in [0.2, 0.25) is 5.89 Å². The number of hydrogen-bond acceptors (Lipinski definition) is 5. The lowest BCUT2D eigenvalue weighted by Crippen LogP contribution is -2.17. The van der Waals surface area contributed by atoms with Crippen LogP contribution in [0.2, 0.25) is 0 Å². The molecule has 1 atom stereocenters. The molecule has 108 valence electrons. The molecule has 1 unspecified atom stereocenters. The zero-order valence-electron chi connectivity index (χ0n) is 12.0. The maximum atomic E-state index is 5.83. The summed E-state index contributed by atoms with van der Waals surface area (Å²) in [7, 11) is 1.87. The van der Waals surface area contributed by atoms with Crippen LogP contribution >= 0.6 is 0 Å². The molecular weight excluding hydrogens is 266 g/mol. The molecule has 0 bridgehead atoms. The summed E-state index contributed by atoms with van der Waals surface area (Å²) in [6.45, 7) is 2.03. The van der Waals surface area contributed by atoms with Crippen LogP contribution in [0.3, 0.4) is 0 Å². The van der Waals surface area contributed by atoms with Gasteiger partial charge in [-0.25, -0.2) is 0 Å². The molecular formula is C16H17N3O2. The van der Waals surface area contributed by atoms with Gasteiger partial charge in [0.05, 0.1) is 11.8 Å². The summed E-state index contributed by atoms with van der Waals surface area (Å²) >= 11 is 0. The lowest BCUT2D eigenvalue weighted by atomic mass is 10.1. The smallest absolute Gasteiger partial charge is 0.251 e. The van der Waals surface area contributed by atoms with Gasteiger partial charge in [0.25, 0.3) is 5.89 Å². The fourth-order valence-corrected chi connectivity index (χ4v) is 2.34. The summed E-state index contributed by atoms with van der Waals surface area (Å²) in [4.78, 5) is 0. The second kappa shape index (κ2) is 5.93. The Bertz CT molecular complexity index is 703. The Hall–Kier alpha value is -2.40. The van der Waals surface area contributed by atoms with Crippen LogP contribution in [0.1, 0.15) is 30.2 Å². The second-order valence-corrected chi connectivity index (χ2v) is 4.69. The molecule has 0 fully saturated rings. The first kappa shape index (κ1) is 13.6. The van der Waals surface area contributed by atoms with Gasteiger partial charge in [-0.05, 0) is 18.7 Å². The topological polar surface area (TPSA) is 64.1 Å². The molecule has 0 amide bonds. The maximum Gasteiger partial charge on any atom is 0.251 e. The zero-order chi connectivity index (χ0) is 14.7. The lowest BCUT2D eigenvalue weighted by Gasteiger charge is -2.11. The van der Waals surface area contributed by atoms with Crippen LogP contribution in [0.4, 0.5) is 0 Å². The van der Waals surface area contributed by atoms with E-state index < -0.39 is 0 Å². The quantitative estimate of drug-likeness (QED) is 0.779. The second-order valence-electron chi connectivity index (χ2n) is 4.69. The van der Waals surface area contributed by atoms with E-state index in [0.717, 1.165) is 23.3 Å². The molecule has 0 aliphatic heterocycles. The maximum absolute atomic E-state index is 5.83. The van der Waals surface area contributed by atoms with Crippen molar-refractivity contribution >= 4 is 0 Å². The standard InChI is InChI=1S/C16H17N3O2/c1-3-13-12(9-10-20-13)15-18-19-16(21-15)14(17-2)11-7-5-4-6-8-11/h4-10,14,17H,3H2,1-2H3. The largest absolute Gasteiger partial charge is 0.469 e. The van der Waals surface area contributed by atoms with Crippen molar-refractivity contribution < 1.29 is 8.83 Å². The van der Waals surface area contributed by atoms with E-state index in [9.17, 15) is 0 Å². The van der Waals surface area contributed by atoms with Crippen molar-refractivity contribution in [1.82, 2.24) is 15.5 Å². The molecule has 0 spiro atoms. The monoisotopic (exact) mass is 283 g/mol. The van der Waals surface area contributed by atoms with Crippen LogP contribution in [0, 0.1) is 0 Å². The van der Waals surface area contributed by atoms with Crippen LogP contribution < -0.4 is 5.32 Å². The molecule has 2 heterocycles. The first-order valence-electron chi connectivity index (χ1n) is 6.95. The molecule has 3 aromatic rings. The Morgan fingerprint density at radius 3 is 2.67 bits per heavy atom. The first-order chi connectivity index (χ1) is 10.3. The van der Waals surface area contributed by atoms with E-state index in [1.165, 1.54) is 0 Å². The van der Waals surface area contributed by atoms with E-state index in [1.54, 1.807) is 6.26 Å². The average Bonchev–Trinajstić information content (AvgIpc) is 3.17. The molecule has 2 aromatic heterocycles. The number of nitrogens with zero attached hydrogens (tertiary/aromatic N) is 2. The van der Waals surface area contributed by atoms with Crippen LogP contribution in [0.15, 0.2) is 51.5 Å². The predicted octanol–water partition coefficient (Wildman–Crippen LogP) is 3.20. The van der Waals surface area contributed by atoms with Crippen molar-refractivity contribution in [3.8, 4) is 11.5 Å². The Morgan fingerprint density at radius 1 is 1.14 bits per heavy atom. The summed E-state index contributed by atoms with van der Waals surface area (Å²) in [5.41, 5.74) is 1.94. The summed E-state index contributed by atoms with van der Waals surface area (Å²) in [5, 5.41) is 11.5. The van der Waals surface area contributed by atoms with Crippen molar-refractivity contribution in [2.45, 2.75) is 19.4 Å². The minimum Gasteiger partial charge on any atom is -0.469 e. The first-order valence-corrected chi connectivity index (χ1v) is 6.95. The summed E-state index contributed by atoms with van der Waals surface area (Å²) in [5.74, 6) is 1.89. The van der Waals surface area contributed by atoms with Gasteiger partial charge in [-0.2, -0.15) is 0 Å². The van der Waals surface area contributed by atoms with Crippen molar-refractivity contribution in [2.24, 2.45) is 0 Å². The third kappa shape index (κ3) is 2.60. The van der Waals surface area contributed by atoms with Gasteiger partial charge in [0.1, 0.15) is 11.8 Å². The number of furan rings is 1. The highest BCUT2D eigenvalue weighted by Crippen LogP contribution is 2.27. The number of nitrogens with one attached hydrogen (secondary N) is 1. The summed E-state index contributed by atoms with van der Waals surface area (Å²) < 4.78 is 11.2. The molecule has 21 heavy (non-hydrogen) atoms. The summed E-state index contributed by atoms with van der Waals surface area (Å²) in [6.07, 6.45) is 2.43. The molecule has 3 rings (SSSR count). The van der Waals surface area contributed by atoms with E-state index in [2.05, 4.69) is 15.5 Å². The predicted molar refractivity (Wildman–Crippen MR) is 78.7 cm³/mol. The molecule has 0 aliphatic carbocycles. The van der Waals surface area contributed by atoms with Crippen molar-refractivity contribution in [1.29, 1.82) is 0 Å². The SMILES string of the molecule is CCc1occc1-c1nnc(C(NC)c2ccccc2)o1. The van der Waals surface area contributed by atoms with E-state index in [0.29, 0.717) is 11.8 Å². The fourth-order valence-electron chi connectivity index (χ4n) is 2.34. The number of rotatable bonds is 5. The molecule has 0 radical (unpaired) electrons. The highest BCUT2D eigenvalue weighted by molar-refractivity contribution is 5.55. The van der Waals surface area contributed by atoms with Crippen LogP contribution in [-0.2, 0) is 6.42 Å². The number of aromatic nitrogens is 2. The van der Waals surface area contributed by atoms with Gasteiger partial charge in [-0.3, -0.25) is 0 Å². The molecule has 0 saturated carbocycles. The van der Waals surface area contributed by atoms with Gasteiger partial charge >= 0.3 is 0 Å². The normalized spacial score (nSPS) is 12.5. The molecule has 0 saturated heterocycles. The van der Waals surface area contributed by atoms with Gasteiger partial charge in [0.15, 0.2) is 0 Å². The minimum absolute atomic E-state index is 0.121. The average molecular weight is 283 g/mol. The highest BCUT2D eigenvalue weighted by atomic mass is 16.4. The van der Waals surface area contributed by atoms with Gasteiger partial charge in [-0.1, -0.05) is 37.3 Å². The van der Waals surface area contributed by atoms with Gasteiger partial charge in [0, 0.05) is 6.42 Å². The minimum atomic E-state index is -0.121. The number of aryl methyl sites for hydroxylation is 1. The molecule has 5 heteroatoms. The molecule has 5 nitrogen and oxygen atoms in total. The number of benzene rings is 1.